The fraction of sp³-hybridized carbons (Fsp3) is 0.158. The van der Waals surface area contributed by atoms with Gasteiger partial charge >= 0.3 is 0 Å². The number of nitrogens with zero attached hydrogens (tertiary/aromatic N) is 2. The molecule has 0 amide bonds. The molecule has 0 bridgehead atoms. The summed E-state index contributed by atoms with van der Waals surface area (Å²) >= 11 is 3.34. The molecule has 0 aliphatic carbocycles. The van der Waals surface area contributed by atoms with Crippen LogP contribution in [0.15, 0.2) is 58.4 Å². The van der Waals surface area contributed by atoms with E-state index in [9.17, 15) is 0 Å². The van der Waals surface area contributed by atoms with E-state index < -0.39 is 0 Å². The summed E-state index contributed by atoms with van der Waals surface area (Å²) in [6.07, 6.45) is 1.81. The van der Waals surface area contributed by atoms with Gasteiger partial charge in [0.2, 0.25) is 0 Å². The molecule has 0 atom stereocenters. The van der Waals surface area contributed by atoms with Crippen LogP contribution in [0, 0.1) is 11.3 Å². The normalized spacial score (nSPS) is 10.2. The topological polar surface area (TPSA) is 55.1 Å². The highest BCUT2D eigenvalue weighted by Crippen LogP contribution is 2.32. The average Bonchev–Trinajstić information content (AvgIpc) is 3.18. The number of nitriles is 1. The van der Waals surface area contributed by atoms with Crippen LogP contribution >= 0.6 is 23.1 Å². The van der Waals surface area contributed by atoms with E-state index in [-0.39, 0.29) is 0 Å². The maximum absolute atomic E-state index is 8.96. The van der Waals surface area contributed by atoms with Crippen molar-refractivity contribution in [2.75, 3.05) is 7.11 Å². The Morgan fingerprint density at radius 3 is 2.84 bits per heavy atom. The van der Waals surface area contributed by atoms with Crippen LogP contribution in [0.1, 0.15) is 16.7 Å². The zero-order chi connectivity index (χ0) is 17.5. The Kier molecular flexibility index (Phi) is 5.94. The second-order valence-electron chi connectivity index (χ2n) is 5.17. The summed E-state index contributed by atoms with van der Waals surface area (Å²) in [7, 11) is 1.64. The van der Waals surface area contributed by atoms with E-state index >= 15 is 0 Å². The Bertz CT molecular complexity index is 873. The second kappa shape index (κ2) is 8.56. The molecule has 0 aliphatic rings. The van der Waals surface area contributed by atoms with Crippen molar-refractivity contribution >= 4 is 23.1 Å². The molecule has 0 N–H and O–H groups in total. The van der Waals surface area contributed by atoms with Gasteiger partial charge in [-0.3, -0.25) is 0 Å². The van der Waals surface area contributed by atoms with E-state index in [1.807, 2.05) is 48.0 Å². The van der Waals surface area contributed by atoms with Crippen LogP contribution in [0.25, 0.3) is 0 Å². The lowest BCUT2D eigenvalue weighted by atomic mass is 10.1. The number of methoxy groups -OCH3 is 1. The third kappa shape index (κ3) is 4.75. The van der Waals surface area contributed by atoms with Crippen molar-refractivity contribution in [2.45, 2.75) is 16.7 Å². The number of aromatic nitrogens is 1. The fourth-order valence-corrected chi connectivity index (χ4v) is 3.82. The highest BCUT2D eigenvalue weighted by molar-refractivity contribution is 8.00. The summed E-state index contributed by atoms with van der Waals surface area (Å²) in [5.41, 5.74) is 2.73. The molecule has 0 saturated carbocycles. The first-order chi connectivity index (χ1) is 12.3. The summed E-state index contributed by atoms with van der Waals surface area (Å²) in [6, 6.07) is 15.5. The molecule has 0 radical (unpaired) electrons. The van der Waals surface area contributed by atoms with Gasteiger partial charge in [0, 0.05) is 17.3 Å². The van der Waals surface area contributed by atoms with Gasteiger partial charge in [0.05, 0.1) is 18.7 Å². The fourth-order valence-electron chi connectivity index (χ4n) is 2.24. The number of benzene rings is 2. The van der Waals surface area contributed by atoms with Gasteiger partial charge in [-0.15, -0.1) is 11.3 Å². The first-order valence-corrected chi connectivity index (χ1v) is 9.46. The van der Waals surface area contributed by atoms with Crippen molar-refractivity contribution in [3.8, 4) is 17.6 Å². The largest absolute Gasteiger partial charge is 0.493 e. The lowest BCUT2D eigenvalue weighted by molar-refractivity contribution is 0.284. The summed E-state index contributed by atoms with van der Waals surface area (Å²) in [4.78, 5) is 4.27. The molecule has 0 saturated heterocycles. The molecule has 4 nitrogen and oxygen atoms in total. The van der Waals surface area contributed by atoms with Gasteiger partial charge in [-0.05, 0) is 35.4 Å². The summed E-state index contributed by atoms with van der Waals surface area (Å²) in [5.74, 6) is 2.22. The zero-order valence-corrected chi connectivity index (χ0v) is 15.3. The Balaban J connectivity index is 1.65. The molecular formula is C19H16N2O2S2. The molecule has 0 unspecified atom stereocenters. The molecule has 3 rings (SSSR count). The van der Waals surface area contributed by atoms with E-state index in [0.29, 0.717) is 23.7 Å². The average molecular weight is 368 g/mol. The number of thioether (sulfide) groups is 1. The molecule has 6 heteroatoms. The van der Waals surface area contributed by atoms with Crippen LogP contribution in [0.3, 0.4) is 0 Å². The van der Waals surface area contributed by atoms with Gasteiger partial charge in [-0.1, -0.05) is 30.0 Å². The van der Waals surface area contributed by atoms with Crippen molar-refractivity contribution < 1.29 is 9.47 Å². The summed E-state index contributed by atoms with van der Waals surface area (Å²) in [6.45, 7) is 0.388. The lowest BCUT2D eigenvalue weighted by Crippen LogP contribution is -1.98. The maximum Gasteiger partial charge on any atom is 0.161 e. The molecule has 0 aliphatic heterocycles. The molecule has 126 valence electrons. The van der Waals surface area contributed by atoms with Gasteiger partial charge in [-0.25, -0.2) is 4.98 Å². The third-order valence-electron chi connectivity index (χ3n) is 3.45. The Morgan fingerprint density at radius 2 is 2.08 bits per heavy atom. The van der Waals surface area contributed by atoms with Crippen LogP contribution in [0.5, 0.6) is 11.5 Å². The predicted octanol–water partition coefficient (Wildman–Crippen LogP) is 4.89. The van der Waals surface area contributed by atoms with Crippen molar-refractivity contribution in [2.24, 2.45) is 0 Å². The van der Waals surface area contributed by atoms with Gasteiger partial charge < -0.3 is 9.47 Å². The minimum Gasteiger partial charge on any atom is -0.493 e. The molecule has 3 aromatic rings. The van der Waals surface area contributed by atoms with Crippen LogP contribution in [-0.4, -0.2) is 12.1 Å². The number of thiazole rings is 1. The number of rotatable bonds is 7. The third-order valence-corrected chi connectivity index (χ3v) is 5.49. The molecule has 2 aromatic carbocycles. The predicted molar refractivity (Wildman–Crippen MR) is 100 cm³/mol. The molecule has 1 heterocycles. The summed E-state index contributed by atoms with van der Waals surface area (Å²) < 4.78 is 12.4. The monoisotopic (exact) mass is 368 g/mol. The summed E-state index contributed by atoms with van der Waals surface area (Å²) in [5, 5.41) is 10.9. The van der Waals surface area contributed by atoms with Crippen LogP contribution in [0.4, 0.5) is 0 Å². The Hall–Kier alpha value is -2.49. The zero-order valence-electron chi connectivity index (χ0n) is 13.6. The van der Waals surface area contributed by atoms with Crippen LogP contribution < -0.4 is 9.47 Å². The minimum absolute atomic E-state index is 0.388. The highest BCUT2D eigenvalue weighted by Gasteiger charge is 2.08. The van der Waals surface area contributed by atoms with Crippen molar-refractivity contribution in [1.82, 2.24) is 4.98 Å². The second-order valence-corrected chi connectivity index (χ2v) is 7.29. The van der Waals surface area contributed by atoms with E-state index in [4.69, 9.17) is 14.7 Å². The van der Waals surface area contributed by atoms with Crippen molar-refractivity contribution in [3.63, 3.8) is 0 Å². The van der Waals surface area contributed by atoms with Crippen molar-refractivity contribution in [1.29, 1.82) is 5.26 Å². The lowest BCUT2D eigenvalue weighted by Gasteiger charge is -2.12. The number of hydrogen-bond acceptors (Lipinski definition) is 6. The molecular weight excluding hydrogens is 352 g/mol. The maximum atomic E-state index is 8.96. The standard InChI is InChI=1S/C19H16N2O2S2/c1-22-18-10-16(13-25-19-21-7-8-24-19)5-6-17(18)23-12-15-4-2-3-14(9-15)11-20/h2-10H,12-13H2,1H3. The Labute approximate surface area is 155 Å². The van der Waals surface area contributed by atoms with E-state index in [2.05, 4.69) is 11.1 Å². The smallest absolute Gasteiger partial charge is 0.161 e. The molecule has 1 aromatic heterocycles. The Morgan fingerprint density at radius 1 is 1.16 bits per heavy atom. The SMILES string of the molecule is COc1cc(CSc2nccs2)ccc1OCc1cccc(C#N)c1. The van der Waals surface area contributed by atoms with Crippen molar-refractivity contribution in [3.05, 3.63) is 70.7 Å². The van der Waals surface area contributed by atoms with Crippen LogP contribution in [-0.2, 0) is 12.4 Å². The minimum atomic E-state index is 0.388. The highest BCUT2D eigenvalue weighted by atomic mass is 32.2. The van der Waals surface area contributed by atoms with Gasteiger partial charge in [0.25, 0.3) is 0 Å². The molecule has 0 spiro atoms. The number of hydrogen-bond donors (Lipinski definition) is 0. The number of ether oxygens (including phenoxy) is 2. The first kappa shape index (κ1) is 17.3. The molecule has 0 fully saturated rings. The molecule has 25 heavy (non-hydrogen) atoms. The van der Waals surface area contributed by atoms with Gasteiger partial charge in [-0.2, -0.15) is 5.26 Å². The van der Waals surface area contributed by atoms with Crippen LogP contribution in [0.2, 0.25) is 0 Å². The first-order valence-electron chi connectivity index (χ1n) is 7.59. The van der Waals surface area contributed by atoms with Gasteiger partial charge in [0.15, 0.2) is 11.5 Å². The van der Waals surface area contributed by atoms with Gasteiger partial charge in [0.1, 0.15) is 10.9 Å². The van der Waals surface area contributed by atoms with E-state index in [0.717, 1.165) is 21.2 Å². The quantitative estimate of drug-likeness (QED) is 0.556. The van der Waals surface area contributed by atoms with E-state index in [1.165, 1.54) is 0 Å². The van der Waals surface area contributed by atoms with E-state index in [1.54, 1.807) is 36.3 Å².